The average molecular weight is 493 g/mol. The Balaban J connectivity index is 1.38. The number of morpholine rings is 1. The van der Waals surface area contributed by atoms with Crippen LogP contribution in [0.25, 0.3) is 22.6 Å². The summed E-state index contributed by atoms with van der Waals surface area (Å²) in [5.74, 6) is 0.544. The molecule has 0 N–H and O–H groups in total. The highest BCUT2D eigenvalue weighted by Gasteiger charge is 2.20. The molecule has 0 amide bonds. The number of imidazole rings is 1. The Morgan fingerprint density at radius 3 is 2.62 bits per heavy atom. The predicted octanol–water partition coefficient (Wildman–Crippen LogP) is 5.32. The number of anilines is 1. The lowest BCUT2D eigenvalue weighted by Gasteiger charge is -2.28. The van der Waals surface area contributed by atoms with Crippen LogP contribution in [0.15, 0.2) is 83.3 Å². The predicted molar refractivity (Wildman–Crippen MR) is 143 cm³/mol. The van der Waals surface area contributed by atoms with E-state index < -0.39 is 0 Å². The molecule has 3 aromatic heterocycles. The van der Waals surface area contributed by atoms with E-state index in [2.05, 4.69) is 52.3 Å². The van der Waals surface area contributed by atoms with Crippen LogP contribution in [0.1, 0.15) is 16.8 Å². The van der Waals surface area contributed by atoms with Crippen LogP contribution < -0.4 is 4.90 Å². The minimum absolute atomic E-state index is 0.501. The molecule has 0 unspecified atom stereocenters. The van der Waals surface area contributed by atoms with E-state index in [1.54, 1.807) is 4.52 Å². The number of hydrogen-bond donors (Lipinski definition) is 0. The van der Waals surface area contributed by atoms with Crippen molar-refractivity contribution in [3.05, 3.63) is 89.9 Å². The van der Waals surface area contributed by atoms with Gasteiger partial charge in [-0.1, -0.05) is 48.0 Å². The highest BCUT2D eigenvalue weighted by Crippen LogP contribution is 2.30. The number of aromatic nitrogens is 5. The first-order chi connectivity index (χ1) is 18.2. The molecule has 4 heterocycles. The molecule has 0 saturated carbocycles. The minimum Gasteiger partial charge on any atom is -0.378 e. The summed E-state index contributed by atoms with van der Waals surface area (Å²) in [6.45, 7) is 7.55. The summed E-state index contributed by atoms with van der Waals surface area (Å²) in [6.07, 6.45) is 3.80. The smallest absolute Gasteiger partial charge is 0.196 e. The third-order valence-corrected chi connectivity index (χ3v) is 6.54. The molecule has 1 aliphatic rings. The number of azo groups is 1. The number of nitrogens with zero attached hydrogens (tertiary/aromatic N) is 8. The molecular formula is C28H28N8O. The van der Waals surface area contributed by atoms with Crippen molar-refractivity contribution in [3.63, 3.8) is 0 Å². The molecule has 0 spiro atoms. The van der Waals surface area contributed by atoms with Gasteiger partial charge in [-0.2, -0.15) is 10.2 Å². The molecule has 37 heavy (non-hydrogen) atoms. The van der Waals surface area contributed by atoms with Gasteiger partial charge < -0.3 is 9.64 Å². The standard InChI is InChI=1S/C28H28N8O/c1-20-7-6-8-22(15-20)17-29-32-27-16-26(34-11-13-37-14-12-34)28-31-25(19-35(28)33-27)24-18-30-36(21(24)2)23-9-4-3-5-10-23/h3-10,15-16,18-19H,11-14,17H2,1-2H3. The van der Waals surface area contributed by atoms with Gasteiger partial charge in [-0.15, -0.1) is 10.2 Å². The van der Waals surface area contributed by atoms with Gasteiger partial charge >= 0.3 is 0 Å². The van der Waals surface area contributed by atoms with E-state index in [1.165, 1.54) is 5.56 Å². The van der Waals surface area contributed by atoms with Gasteiger partial charge in [0, 0.05) is 24.7 Å². The van der Waals surface area contributed by atoms with Crippen LogP contribution in [0.4, 0.5) is 11.5 Å². The Morgan fingerprint density at radius 1 is 0.973 bits per heavy atom. The number of rotatable bonds is 6. The number of aryl methyl sites for hydroxylation is 1. The fourth-order valence-corrected chi connectivity index (χ4v) is 4.65. The molecule has 1 fully saturated rings. The third-order valence-electron chi connectivity index (χ3n) is 6.54. The third kappa shape index (κ3) is 4.73. The van der Waals surface area contributed by atoms with Gasteiger partial charge in [-0.25, -0.2) is 14.2 Å². The molecule has 9 nitrogen and oxygen atoms in total. The maximum absolute atomic E-state index is 5.58. The van der Waals surface area contributed by atoms with Crippen molar-refractivity contribution in [1.29, 1.82) is 0 Å². The lowest BCUT2D eigenvalue weighted by atomic mass is 10.1. The maximum Gasteiger partial charge on any atom is 0.196 e. The van der Waals surface area contributed by atoms with Crippen molar-refractivity contribution < 1.29 is 4.74 Å². The number of ether oxygens (including phenoxy) is 1. The topological polar surface area (TPSA) is 85.2 Å². The number of fused-ring (bicyclic) bond motifs is 1. The van der Waals surface area contributed by atoms with E-state index in [0.717, 1.165) is 52.6 Å². The van der Waals surface area contributed by atoms with Crippen LogP contribution in [-0.2, 0) is 11.3 Å². The largest absolute Gasteiger partial charge is 0.378 e. The molecule has 186 valence electrons. The summed E-state index contributed by atoms with van der Waals surface area (Å²) in [6, 6.07) is 20.4. The van der Waals surface area contributed by atoms with Crippen LogP contribution in [0, 0.1) is 13.8 Å². The lowest BCUT2D eigenvalue weighted by Crippen LogP contribution is -2.36. The van der Waals surface area contributed by atoms with Crippen molar-refractivity contribution in [1.82, 2.24) is 24.4 Å². The summed E-state index contributed by atoms with van der Waals surface area (Å²) >= 11 is 0. The van der Waals surface area contributed by atoms with E-state index in [-0.39, 0.29) is 0 Å². The molecule has 9 heteroatoms. The first kappa shape index (κ1) is 23.1. The molecule has 2 aromatic carbocycles. The molecule has 6 rings (SSSR count). The minimum atomic E-state index is 0.501. The Labute approximate surface area is 215 Å². The zero-order valence-electron chi connectivity index (χ0n) is 20.9. The Hall–Kier alpha value is -4.37. The van der Waals surface area contributed by atoms with Crippen LogP contribution >= 0.6 is 0 Å². The summed E-state index contributed by atoms with van der Waals surface area (Å²) in [5, 5.41) is 18.3. The number of para-hydroxylation sites is 1. The lowest BCUT2D eigenvalue weighted by molar-refractivity contribution is 0.123. The Morgan fingerprint density at radius 2 is 1.81 bits per heavy atom. The van der Waals surface area contributed by atoms with Gasteiger partial charge in [-0.05, 0) is 31.5 Å². The van der Waals surface area contributed by atoms with E-state index in [0.29, 0.717) is 25.6 Å². The second-order valence-electron chi connectivity index (χ2n) is 9.16. The van der Waals surface area contributed by atoms with Crippen LogP contribution in [0.5, 0.6) is 0 Å². The van der Waals surface area contributed by atoms with Gasteiger partial charge in [0.05, 0.1) is 54.9 Å². The van der Waals surface area contributed by atoms with Crippen LogP contribution in [0.3, 0.4) is 0 Å². The summed E-state index contributed by atoms with van der Waals surface area (Å²) in [7, 11) is 0. The first-order valence-corrected chi connectivity index (χ1v) is 12.4. The quantitative estimate of drug-likeness (QED) is 0.300. The fourth-order valence-electron chi connectivity index (χ4n) is 4.65. The molecule has 0 bridgehead atoms. The van der Waals surface area contributed by atoms with Crippen molar-refractivity contribution in [2.24, 2.45) is 10.2 Å². The van der Waals surface area contributed by atoms with E-state index in [9.17, 15) is 0 Å². The molecule has 0 atom stereocenters. The van der Waals surface area contributed by atoms with Crippen molar-refractivity contribution in [2.75, 3.05) is 31.2 Å². The second kappa shape index (κ2) is 9.94. The first-order valence-electron chi connectivity index (χ1n) is 12.4. The van der Waals surface area contributed by atoms with Crippen LogP contribution in [0.2, 0.25) is 0 Å². The van der Waals surface area contributed by atoms with Gasteiger partial charge in [0.2, 0.25) is 0 Å². The fraction of sp³-hybridized carbons (Fsp3) is 0.250. The van der Waals surface area contributed by atoms with E-state index in [4.69, 9.17) is 14.8 Å². The van der Waals surface area contributed by atoms with Crippen molar-refractivity contribution in [2.45, 2.75) is 20.4 Å². The van der Waals surface area contributed by atoms with Crippen molar-refractivity contribution >= 4 is 17.2 Å². The average Bonchev–Trinajstić information content (AvgIpc) is 3.52. The zero-order chi connectivity index (χ0) is 25.2. The summed E-state index contributed by atoms with van der Waals surface area (Å²) < 4.78 is 9.32. The zero-order valence-corrected chi connectivity index (χ0v) is 20.9. The van der Waals surface area contributed by atoms with Gasteiger partial charge in [-0.3, -0.25) is 0 Å². The SMILES string of the molecule is Cc1cccc(CN=Nc2cc(N3CCOCC3)c3nc(-c4cnn(-c5ccccc5)c4C)cn3n2)c1. The molecular weight excluding hydrogens is 464 g/mol. The maximum atomic E-state index is 5.58. The van der Waals surface area contributed by atoms with E-state index in [1.807, 2.05) is 59.5 Å². The number of hydrogen-bond acceptors (Lipinski definition) is 7. The second-order valence-corrected chi connectivity index (χ2v) is 9.16. The molecule has 5 aromatic rings. The van der Waals surface area contributed by atoms with Gasteiger partial charge in [0.15, 0.2) is 11.5 Å². The highest BCUT2D eigenvalue weighted by atomic mass is 16.5. The monoisotopic (exact) mass is 492 g/mol. The van der Waals surface area contributed by atoms with Crippen LogP contribution in [-0.4, -0.2) is 50.7 Å². The van der Waals surface area contributed by atoms with Gasteiger partial charge in [0.1, 0.15) is 0 Å². The molecule has 0 radical (unpaired) electrons. The Bertz CT molecular complexity index is 1560. The number of benzene rings is 2. The summed E-state index contributed by atoms with van der Waals surface area (Å²) in [4.78, 5) is 7.27. The molecule has 0 aliphatic carbocycles. The van der Waals surface area contributed by atoms with Gasteiger partial charge in [0.25, 0.3) is 0 Å². The molecule has 1 saturated heterocycles. The normalized spacial score (nSPS) is 14.2. The highest BCUT2D eigenvalue weighted by molar-refractivity contribution is 5.75. The Kier molecular flexibility index (Phi) is 6.20. The molecule has 1 aliphatic heterocycles. The van der Waals surface area contributed by atoms with Crippen molar-refractivity contribution in [3.8, 4) is 16.9 Å². The summed E-state index contributed by atoms with van der Waals surface area (Å²) in [5.41, 5.74) is 7.88. The van der Waals surface area contributed by atoms with E-state index >= 15 is 0 Å².